The lowest BCUT2D eigenvalue weighted by atomic mass is 10.2. The Morgan fingerprint density at radius 1 is 1.42 bits per heavy atom. The van der Waals surface area contributed by atoms with Crippen molar-refractivity contribution in [3.63, 3.8) is 0 Å². The Labute approximate surface area is 78.4 Å². The molecule has 2 heteroatoms. The molecule has 12 heavy (non-hydrogen) atoms. The molecule has 0 amide bonds. The predicted octanol–water partition coefficient (Wildman–Crippen LogP) is 2.65. The third-order valence-electron chi connectivity index (χ3n) is 1.67. The van der Waals surface area contributed by atoms with Crippen LogP contribution in [-0.2, 0) is 6.42 Å². The maximum atomic E-state index is 5.71. The second-order valence-corrected chi connectivity index (χ2v) is 4.20. The molecule has 1 unspecified atom stereocenters. The molecule has 0 heterocycles. The molecule has 0 aliphatic carbocycles. The number of nitrogens with two attached hydrogens (primary N) is 1. The van der Waals surface area contributed by atoms with Crippen molar-refractivity contribution in [2.45, 2.75) is 30.5 Å². The Morgan fingerprint density at radius 2 is 2.08 bits per heavy atom. The van der Waals surface area contributed by atoms with Crippen LogP contribution in [0.4, 0.5) is 0 Å². The molecule has 0 spiro atoms. The van der Waals surface area contributed by atoms with E-state index < -0.39 is 0 Å². The molecule has 1 atom stereocenters. The van der Waals surface area contributed by atoms with E-state index in [-0.39, 0.29) is 5.37 Å². The SMILES string of the molecule is CCc1ccccc1SC(C)N. The summed E-state index contributed by atoms with van der Waals surface area (Å²) in [4.78, 5) is 1.31. The molecule has 0 aromatic heterocycles. The Kier molecular flexibility index (Phi) is 3.63. The maximum absolute atomic E-state index is 5.71. The number of hydrogen-bond acceptors (Lipinski definition) is 2. The molecule has 1 aromatic rings. The minimum absolute atomic E-state index is 0.178. The van der Waals surface area contributed by atoms with Gasteiger partial charge in [-0.1, -0.05) is 25.1 Å². The van der Waals surface area contributed by atoms with Gasteiger partial charge in [0.1, 0.15) is 0 Å². The van der Waals surface area contributed by atoms with Gasteiger partial charge >= 0.3 is 0 Å². The lowest BCUT2D eigenvalue weighted by molar-refractivity contribution is 1.03. The summed E-state index contributed by atoms with van der Waals surface area (Å²) < 4.78 is 0. The Balaban J connectivity index is 2.82. The van der Waals surface area contributed by atoms with Gasteiger partial charge in [0.05, 0.1) is 5.37 Å². The topological polar surface area (TPSA) is 26.0 Å². The minimum atomic E-state index is 0.178. The fourth-order valence-corrected chi connectivity index (χ4v) is 2.03. The van der Waals surface area contributed by atoms with Crippen LogP contribution in [0.15, 0.2) is 29.2 Å². The van der Waals surface area contributed by atoms with Gasteiger partial charge in [0.15, 0.2) is 0 Å². The molecule has 66 valence electrons. The smallest absolute Gasteiger partial charge is 0.0525 e. The van der Waals surface area contributed by atoms with Crippen molar-refractivity contribution in [3.05, 3.63) is 29.8 Å². The van der Waals surface area contributed by atoms with Gasteiger partial charge in [-0.2, -0.15) is 0 Å². The van der Waals surface area contributed by atoms with Crippen LogP contribution in [-0.4, -0.2) is 5.37 Å². The molecule has 0 fully saturated rings. The molecule has 2 N–H and O–H groups in total. The van der Waals surface area contributed by atoms with E-state index in [1.807, 2.05) is 6.92 Å². The number of aryl methyl sites for hydroxylation is 1. The van der Waals surface area contributed by atoms with Crippen LogP contribution >= 0.6 is 11.8 Å². The van der Waals surface area contributed by atoms with E-state index >= 15 is 0 Å². The first kappa shape index (κ1) is 9.62. The number of thioether (sulfide) groups is 1. The van der Waals surface area contributed by atoms with Gasteiger partial charge in [-0.05, 0) is 25.0 Å². The third kappa shape index (κ3) is 2.54. The van der Waals surface area contributed by atoms with E-state index in [1.165, 1.54) is 10.5 Å². The summed E-state index contributed by atoms with van der Waals surface area (Å²) in [5.74, 6) is 0. The van der Waals surface area contributed by atoms with Gasteiger partial charge in [-0.15, -0.1) is 11.8 Å². The molecule has 0 saturated carbocycles. The number of hydrogen-bond donors (Lipinski definition) is 1. The average molecular weight is 181 g/mol. The van der Waals surface area contributed by atoms with Crippen LogP contribution in [0.5, 0.6) is 0 Å². The zero-order valence-electron chi connectivity index (χ0n) is 7.58. The summed E-state index contributed by atoms with van der Waals surface area (Å²) in [6.07, 6.45) is 1.08. The monoisotopic (exact) mass is 181 g/mol. The summed E-state index contributed by atoms with van der Waals surface area (Å²) in [5, 5.41) is 0.178. The van der Waals surface area contributed by atoms with Crippen molar-refractivity contribution < 1.29 is 0 Å². The van der Waals surface area contributed by atoms with Gasteiger partial charge in [0.25, 0.3) is 0 Å². The van der Waals surface area contributed by atoms with E-state index in [0.29, 0.717) is 0 Å². The summed E-state index contributed by atoms with van der Waals surface area (Å²) in [6, 6.07) is 8.42. The fraction of sp³-hybridized carbons (Fsp3) is 0.400. The minimum Gasteiger partial charge on any atom is -0.319 e. The van der Waals surface area contributed by atoms with Crippen LogP contribution in [0.3, 0.4) is 0 Å². The highest BCUT2D eigenvalue weighted by Crippen LogP contribution is 2.24. The van der Waals surface area contributed by atoms with Crippen molar-refractivity contribution in [1.29, 1.82) is 0 Å². The molecule has 0 bridgehead atoms. The number of benzene rings is 1. The molecule has 0 aliphatic heterocycles. The largest absolute Gasteiger partial charge is 0.319 e. The molecule has 0 radical (unpaired) electrons. The molecule has 0 aliphatic rings. The highest BCUT2D eigenvalue weighted by molar-refractivity contribution is 7.99. The standard InChI is InChI=1S/C10H15NS/c1-3-9-6-4-5-7-10(9)12-8(2)11/h4-8H,3,11H2,1-2H3. The Hall–Kier alpha value is -0.470. The van der Waals surface area contributed by atoms with Crippen molar-refractivity contribution in [2.75, 3.05) is 0 Å². The molecule has 1 nitrogen and oxygen atoms in total. The highest BCUT2D eigenvalue weighted by Gasteiger charge is 2.01. The molecular weight excluding hydrogens is 166 g/mol. The zero-order chi connectivity index (χ0) is 8.97. The molecule has 1 aromatic carbocycles. The predicted molar refractivity (Wildman–Crippen MR) is 55.3 cm³/mol. The second-order valence-electron chi connectivity index (χ2n) is 2.78. The van der Waals surface area contributed by atoms with Gasteiger partial charge in [0, 0.05) is 4.90 Å². The normalized spacial score (nSPS) is 12.9. The first-order chi connectivity index (χ1) is 5.74. The zero-order valence-corrected chi connectivity index (χ0v) is 8.40. The van der Waals surface area contributed by atoms with Crippen molar-refractivity contribution in [2.24, 2.45) is 5.73 Å². The summed E-state index contributed by atoms with van der Waals surface area (Å²) in [7, 11) is 0. The van der Waals surface area contributed by atoms with E-state index in [2.05, 4.69) is 31.2 Å². The first-order valence-electron chi connectivity index (χ1n) is 4.24. The second kappa shape index (κ2) is 4.53. The van der Waals surface area contributed by atoms with Crippen molar-refractivity contribution in [1.82, 2.24) is 0 Å². The van der Waals surface area contributed by atoms with Gasteiger partial charge in [0.2, 0.25) is 0 Å². The fourth-order valence-electron chi connectivity index (χ4n) is 1.11. The summed E-state index contributed by atoms with van der Waals surface area (Å²) in [5.41, 5.74) is 7.10. The Morgan fingerprint density at radius 3 is 2.67 bits per heavy atom. The van der Waals surface area contributed by atoms with Crippen LogP contribution in [0.1, 0.15) is 19.4 Å². The Bertz CT molecular complexity index is 245. The summed E-state index contributed by atoms with van der Waals surface area (Å²) in [6.45, 7) is 4.18. The molecule has 0 saturated heterocycles. The quantitative estimate of drug-likeness (QED) is 0.573. The first-order valence-corrected chi connectivity index (χ1v) is 5.12. The number of rotatable bonds is 3. The van der Waals surface area contributed by atoms with Crippen LogP contribution in [0, 0.1) is 0 Å². The summed E-state index contributed by atoms with van der Waals surface area (Å²) >= 11 is 1.73. The van der Waals surface area contributed by atoms with E-state index in [1.54, 1.807) is 11.8 Å². The van der Waals surface area contributed by atoms with E-state index in [4.69, 9.17) is 5.73 Å². The lowest BCUT2D eigenvalue weighted by Crippen LogP contribution is -2.09. The van der Waals surface area contributed by atoms with Gasteiger partial charge < -0.3 is 5.73 Å². The van der Waals surface area contributed by atoms with Crippen LogP contribution < -0.4 is 5.73 Å². The lowest BCUT2D eigenvalue weighted by Gasteiger charge is -2.08. The van der Waals surface area contributed by atoms with Crippen molar-refractivity contribution >= 4 is 11.8 Å². The van der Waals surface area contributed by atoms with Crippen molar-refractivity contribution in [3.8, 4) is 0 Å². The van der Waals surface area contributed by atoms with Crippen LogP contribution in [0.2, 0.25) is 0 Å². The van der Waals surface area contributed by atoms with Gasteiger partial charge in [-0.25, -0.2) is 0 Å². The van der Waals surface area contributed by atoms with E-state index in [0.717, 1.165) is 6.42 Å². The maximum Gasteiger partial charge on any atom is 0.0525 e. The molecular formula is C10H15NS. The third-order valence-corrected chi connectivity index (χ3v) is 2.69. The van der Waals surface area contributed by atoms with Gasteiger partial charge in [-0.3, -0.25) is 0 Å². The van der Waals surface area contributed by atoms with E-state index in [9.17, 15) is 0 Å². The average Bonchev–Trinajstić information content (AvgIpc) is 2.04. The molecule has 1 rings (SSSR count). The highest BCUT2D eigenvalue weighted by atomic mass is 32.2. The van der Waals surface area contributed by atoms with Crippen LogP contribution in [0.25, 0.3) is 0 Å².